The maximum atomic E-state index is 13.4. The molecule has 3 aromatic rings. The van der Waals surface area contributed by atoms with Crippen molar-refractivity contribution in [3.8, 4) is 5.75 Å². The summed E-state index contributed by atoms with van der Waals surface area (Å²) in [4.78, 5) is 38.2. The fourth-order valence-corrected chi connectivity index (χ4v) is 3.52. The largest absolute Gasteiger partial charge is 0.497 e. The van der Waals surface area contributed by atoms with Gasteiger partial charge in [-0.3, -0.25) is 19.7 Å². The van der Waals surface area contributed by atoms with E-state index in [0.717, 1.165) is 4.90 Å². The summed E-state index contributed by atoms with van der Waals surface area (Å²) in [5.41, 5.74) is 1.28. The van der Waals surface area contributed by atoms with Crippen molar-refractivity contribution in [1.82, 2.24) is 0 Å². The highest BCUT2D eigenvalue weighted by Gasteiger charge is 2.40. The zero-order chi connectivity index (χ0) is 22.8. The first kappa shape index (κ1) is 21.1. The van der Waals surface area contributed by atoms with E-state index >= 15 is 0 Å². The van der Waals surface area contributed by atoms with Gasteiger partial charge >= 0.3 is 0 Å². The number of methoxy groups -OCH3 is 1. The Labute approximate surface area is 187 Å². The monoisotopic (exact) mass is 449 g/mol. The number of nitro benzene ring substituents is 1. The van der Waals surface area contributed by atoms with Crippen molar-refractivity contribution in [2.45, 2.75) is 0 Å². The molecule has 0 unspecified atom stereocenters. The molecule has 0 aliphatic carbocycles. The van der Waals surface area contributed by atoms with Gasteiger partial charge in [-0.15, -0.1) is 0 Å². The minimum atomic E-state index is -0.568. The van der Waals surface area contributed by atoms with Crippen LogP contribution >= 0.6 is 11.6 Å². The molecule has 0 fully saturated rings. The molecule has 0 bridgehead atoms. The maximum absolute atomic E-state index is 13.4. The lowest BCUT2D eigenvalue weighted by Gasteiger charge is -2.15. The number of amides is 2. The molecule has 0 aromatic heterocycles. The first-order chi connectivity index (χ1) is 15.4. The van der Waals surface area contributed by atoms with E-state index in [0.29, 0.717) is 27.7 Å². The van der Waals surface area contributed by atoms with Crippen molar-refractivity contribution in [3.63, 3.8) is 0 Å². The highest BCUT2D eigenvalue weighted by atomic mass is 35.5. The lowest BCUT2D eigenvalue weighted by molar-refractivity contribution is -0.384. The van der Waals surface area contributed by atoms with Crippen molar-refractivity contribution in [1.29, 1.82) is 0 Å². The van der Waals surface area contributed by atoms with E-state index in [1.54, 1.807) is 49.6 Å². The standard InChI is InChI=1S/C23H16ClN3O5/c1-32-19-11-7-16(8-12-19)25-21-20(14-5-9-17(10-6-14)27(30)31)22(28)26(23(21)29)18-4-2-3-15(24)13-18/h2-13,25H,1H3. The van der Waals surface area contributed by atoms with Crippen LogP contribution in [-0.4, -0.2) is 23.8 Å². The van der Waals surface area contributed by atoms with Gasteiger partial charge in [0.2, 0.25) is 0 Å². The third-order valence-corrected chi connectivity index (χ3v) is 5.11. The lowest BCUT2D eigenvalue weighted by atomic mass is 10.0. The molecule has 9 heteroatoms. The molecular weight excluding hydrogens is 434 g/mol. The summed E-state index contributed by atoms with van der Waals surface area (Å²) in [6.45, 7) is 0. The molecule has 160 valence electrons. The SMILES string of the molecule is COc1ccc(NC2=C(c3ccc([N+](=O)[O-])cc3)C(=O)N(c3cccc(Cl)c3)C2=O)cc1. The molecular formula is C23H16ClN3O5. The Balaban J connectivity index is 1.80. The van der Waals surface area contributed by atoms with Crippen LogP contribution < -0.4 is 15.0 Å². The normalized spacial score (nSPS) is 13.5. The number of hydrogen-bond acceptors (Lipinski definition) is 6. The van der Waals surface area contributed by atoms with Gasteiger partial charge in [-0.25, -0.2) is 4.90 Å². The van der Waals surface area contributed by atoms with Gasteiger partial charge in [0.05, 0.1) is 23.3 Å². The van der Waals surface area contributed by atoms with Crippen molar-refractivity contribution in [2.24, 2.45) is 0 Å². The first-order valence-corrected chi connectivity index (χ1v) is 9.81. The number of ether oxygens (including phenoxy) is 1. The van der Waals surface area contributed by atoms with Crippen molar-refractivity contribution in [2.75, 3.05) is 17.3 Å². The Hall–Kier alpha value is -4.17. The van der Waals surface area contributed by atoms with Gasteiger partial charge in [0.25, 0.3) is 17.5 Å². The van der Waals surface area contributed by atoms with E-state index in [4.69, 9.17) is 16.3 Å². The summed E-state index contributed by atoms with van der Waals surface area (Å²) in [6.07, 6.45) is 0. The quantitative estimate of drug-likeness (QED) is 0.334. The number of hydrogen-bond donors (Lipinski definition) is 1. The second-order valence-corrected chi connectivity index (χ2v) is 7.27. The topological polar surface area (TPSA) is 102 Å². The third kappa shape index (κ3) is 3.91. The minimum Gasteiger partial charge on any atom is -0.497 e. The van der Waals surface area contributed by atoms with Crippen LogP contribution in [0.5, 0.6) is 5.75 Å². The number of imide groups is 1. The molecule has 0 atom stereocenters. The third-order valence-electron chi connectivity index (χ3n) is 4.88. The fraction of sp³-hybridized carbons (Fsp3) is 0.0435. The second kappa shape index (κ2) is 8.52. The van der Waals surface area contributed by atoms with Crippen molar-refractivity contribution < 1.29 is 19.2 Å². The minimum absolute atomic E-state index is 0.0500. The van der Waals surface area contributed by atoms with Gasteiger partial charge in [-0.05, 0) is 60.2 Å². The fourth-order valence-electron chi connectivity index (χ4n) is 3.33. The molecule has 1 N–H and O–H groups in total. The number of benzene rings is 3. The molecule has 32 heavy (non-hydrogen) atoms. The van der Waals surface area contributed by atoms with Gasteiger partial charge in [0.1, 0.15) is 11.4 Å². The van der Waals surface area contributed by atoms with E-state index in [1.807, 2.05) is 0 Å². The van der Waals surface area contributed by atoms with E-state index in [1.165, 1.54) is 30.3 Å². The predicted molar refractivity (Wildman–Crippen MR) is 121 cm³/mol. The molecule has 4 rings (SSSR count). The number of non-ortho nitro benzene ring substituents is 1. The smallest absolute Gasteiger partial charge is 0.282 e. The van der Waals surface area contributed by atoms with Crippen LogP contribution in [0, 0.1) is 10.1 Å². The lowest BCUT2D eigenvalue weighted by Crippen LogP contribution is -2.32. The zero-order valence-corrected chi connectivity index (χ0v) is 17.5. The van der Waals surface area contributed by atoms with Crippen LogP contribution in [0.15, 0.2) is 78.5 Å². The van der Waals surface area contributed by atoms with Crippen LogP contribution in [0.25, 0.3) is 5.57 Å². The van der Waals surface area contributed by atoms with E-state index in [-0.39, 0.29) is 17.0 Å². The number of carbonyl (C=O) groups excluding carboxylic acids is 2. The number of nitrogens with zero attached hydrogens (tertiary/aromatic N) is 2. The summed E-state index contributed by atoms with van der Waals surface area (Å²) in [7, 11) is 1.54. The van der Waals surface area contributed by atoms with Crippen molar-refractivity contribution in [3.05, 3.63) is 99.2 Å². The van der Waals surface area contributed by atoms with Crippen LogP contribution in [0.1, 0.15) is 5.56 Å². The highest BCUT2D eigenvalue weighted by molar-refractivity contribution is 6.46. The molecule has 8 nitrogen and oxygen atoms in total. The summed E-state index contributed by atoms with van der Waals surface area (Å²) in [5.74, 6) is -0.502. The Morgan fingerprint density at radius 3 is 2.25 bits per heavy atom. The van der Waals surface area contributed by atoms with Gasteiger partial charge < -0.3 is 10.1 Å². The van der Waals surface area contributed by atoms with E-state index in [2.05, 4.69) is 5.32 Å². The molecule has 0 spiro atoms. The van der Waals surface area contributed by atoms with Gasteiger partial charge in [0, 0.05) is 22.8 Å². The van der Waals surface area contributed by atoms with E-state index in [9.17, 15) is 19.7 Å². The van der Waals surface area contributed by atoms with Crippen LogP contribution in [0.4, 0.5) is 17.1 Å². The van der Waals surface area contributed by atoms with Crippen LogP contribution in [-0.2, 0) is 9.59 Å². The summed E-state index contributed by atoms with van der Waals surface area (Å²) >= 11 is 6.06. The van der Waals surface area contributed by atoms with Gasteiger partial charge in [-0.2, -0.15) is 0 Å². The van der Waals surface area contributed by atoms with Gasteiger partial charge in [0.15, 0.2) is 0 Å². The number of carbonyl (C=O) groups is 2. The first-order valence-electron chi connectivity index (χ1n) is 9.43. The second-order valence-electron chi connectivity index (χ2n) is 6.83. The summed E-state index contributed by atoms with van der Waals surface area (Å²) < 4.78 is 5.15. The van der Waals surface area contributed by atoms with Crippen LogP contribution in [0.2, 0.25) is 5.02 Å². The van der Waals surface area contributed by atoms with Gasteiger partial charge in [-0.1, -0.05) is 17.7 Å². The predicted octanol–water partition coefficient (Wildman–Crippen LogP) is 4.65. The van der Waals surface area contributed by atoms with Crippen molar-refractivity contribution >= 4 is 46.1 Å². The molecule has 0 radical (unpaired) electrons. The Morgan fingerprint density at radius 2 is 1.66 bits per heavy atom. The number of halogens is 1. The van der Waals surface area contributed by atoms with Crippen LogP contribution in [0.3, 0.4) is 0 Å². The Kier molecular flexibility index (Phi) is 5.61. The average molecular weight is 450 g/mol. The molecule has 0 saturated heterocycles. The maximum Gasteiger partial charge on any atom is 0.282 e. The highest BCUT2D eigenvalue weighted by Crippen LogP contribution is 2.35. The number of nitro groups is 1. The zero-order valence-electron chi connectivity index (χ0n) is 16.7. The molecule has 1 aliphatic heterocycles. The Morgan fingerprint density at radius 1 is 0.969 bits per heavy atom. The summed E-state index contributed by atoms with van der Waals surface area (Å²) in [5, 5.41) is 14.4. The number of nitrogens with one attached hydrogen (secondary N) is 1. The number of rotatable bonds is 6. The molecule has 2 amide bonds. The average Bonchev–Trinajstić information content (AvgIpc) is 3.03. The molecule has 3 aromatic carbocycles. The molecule has 0 saturated carbocycles. The number of anilines is 2. The molecule has 1 aliphatic rings. The Bertz CT molecular complexity index is 1250. The summed E-state index contributed by atoms with van der Waals surface area (Å²) in [6, 6.07) is 18.7. The van der Waals surface area contributed by atoms with E-state index < -0.39 is 16.7 Å². The molecule has 1 heterocycles.